The van der Waals surface area contributed by atoms with Gasteiger partial charge >= 0.3 is 0 Å². The van der Waals surface area contributed by atoms with E-state index in [0.29, 0.717) is 16.9 Å². The summed E-state index contributed by atoms with van der Waals surface area (Å²) in [6.07, 6.45) is 0. The Labute approximate surface area is 131 Å². The molecule has 0 aliphatic carbocycles. The minimum absolute atomic E-state index is 0.397. The predicted molar refractivity (Wildman–Crippen MR) is 85.2 cm³/mol. The first-order valence-corrected chi connectivity index (χ1v) is 7.34. The molecule has 2 rings (SSSR count). The Balaban J connectivity index is 2.19. The third-order valence-electron chi connectivity index (χ3n) is 2.81. The van der Waals surface area contributed by atoms with Crippen molar-refractivity contribution in [2.45, 2.75) is 20.4 Å². The van der Waals surface area contributed by atoms with Gasteiger partial charge in [-0.2, -0.15) is 0 Å². The van der Waals surface area contributed by atoms with Crippen molar-refractivity contribution >= 4 is 44.8 Å². The smallest absolute Gasteiger partial charge is 0.154 e. The summed E-state index contributed by atoms with van der Waals surface area (Å²) in [7, 11) is 0. The van der Waals surface area contributed by atoms with Crippen molar-refractivity contribution in [3.8, 4) is 0 Å². The number of rotatable bonds is 3. The molecule has 1 N–H and O–H groups in total. The largest absolute Gasteiger partial charge is 0.378 e. The van der Waals surface area contributed by atoms with Gasteiger partial charge in [0, 0.05) is 11.0 Å². The normalized spacial score (nSPS) is 10.6. The van der Waals surface area contributed by atoms with Crippen LogP contribution in [0.5, 0.6) is 0 Å². The Morgan fingerprint density at radius 1 is 1.21 bits per heavy atom. The molecule has 0 radical (unpaired) electrons. The minimum Gasteiger partial charge on any atom is -0.378 e. The van der Waals surface area contributed by atoms with Crippen LogP contribution in [0.2, 0.25) is 10.3 Å². The van der Waals surface area contributed by atoms with Crippen LogP contribution in [0.25, 0.3) is 0 Å². The predicted octanol–water partition coefficient (Wildman–Crippen LogP) is 5.38. The van der Waals surface area contributed by atoms with Gasteiger partial charge in [-0.1, -0.05) is 51.3 Å². The molecule has 1 aromatic carbocycles. The van der Waals surface area contributed by atoms with Gasteiger partial charge in [-0.25, -0.2) is 4.98 Å². The van der Waals surface area contributed by atoms with E-state index < -0.39 is 0 Å². The zero-order chi connectivity index (χ0) is 14.0. The highest BCUT2D eigenvalue weighted by Gasteiger charge is 2.08. The van der Waals surface area contributed by atoms with Gasteiger partial charge in [0.05, 0.1) is 5.69 Å². The first kappa shape index (κ1) is 14.6. The highest BCUT2D eigenvalue weighted by molar-refractivity contribution is 9.10. The van der Waals surface area contributed by atoms with Crippen molar-refractivity contribution in [1.82, 2.24) is 4.98 Å². The molecule has 0 atom stereocenters. The van der Waals surface area contributed by atoms with E-state index in [0.717, 1.165) is 21.3 Å². The molecule has 0 amide bonds. The number of aryl methyl sites for hydroxylation is 2. The fraction of sp³-hybridized carbons (Fsp3) is 0.214. The first-order chi connectivity index (χ1) is 8.97. The second-order valence-corrected chi connectivity index (χ2v) is 5.98. The lowest BCUT2D eigenvalue weighted by Gasteiger charge is -2.12. The molecule has 19 heavy (non-hydrogen) atoms. The van der Waals surface area contributed by atoms with E-state index in [1.54, 1.807) is 6.07 Å². The molecule has 0 saturated heterocycles. The Hall–Kier alpha value is -0.770. The average molecular weight is 360 g/mol. The molecular weight excluding hydrogens is 347 g/mol. The van der Waals surface area contributed by atoms with Crippen LogP contribution in [-0.4, -0.2) is 4.98 Å². The first-order valence-electron chi connectivity index (χ1n) is 5.79. The number of nitrogens with one attached hydrogen (secondary N) is 1. The fourth-order valence-corrected chi connectivity index (χ4v) is 3.02. The lowest BCUT2D eigenvalue weighted by molar-refractivity contribution is 1.11. The Morgan fingerprint density at radius 3 is 2.58 bits per heavy atom. The van der Waals surface area contributed by atoms with Gasteiger partial charge in [0.2, 0.25) is 0 Å². The molecule has 0 fully saturated rings. The molecular formula is C14H13BrCl2N2. The SMILES string of the molecule is Cc1ccc(CNc2c(C)cc(Cl)nc2Cl)c(Br)c1. The third-order valence-corrected chi connectivity index (χ3v) is 4.01. The van der Waals surface area contributed by atoms with Gasteiger partial charge in [0.25, 0.3) is 0 Å². The van der Waals surface area contributed by atoms with Crippen LogP contribution in [-0.2, 0) is 6.54 Å². The second kappa shape index (κ2) is 6.12. The summed E-state index contributed by atoms with van der Waals surface area (Å²) < 4.78 is 1.08. The maximum absolute atomic E-state index is 6.10. The van der Waals surface area contributed by atoms with Gasteiger partial charge in [-0.15, -0.1) is 0 Å². The lowest BCUT2D eigenvalue weighted by Crippen LogP contribution is -2.03. The summed E-state index contributed by atoms with van der Waals surface area (Å²) in [5.41, 5.74) is 4.18. The molecule has 0 aliphatic rings. The standard InChI is InChI=1S/C14H13BrCl2N2/c1-8-3-4-10(11(15)5-8)7-18-13-9(2)6-12(16)19-14(13)17/h3-6,18H,7H2,1-2H3. The van der Waals surface area contributed by atoms with Crippen LogP contribution >= 0.6 is 39.1 Å². The maximum Gasteiger partial charge on any atom is 0.154 e. The molecule has 2 aromatic rings. The molecule has 1 aromatic heterocycles. The van der Waals surface area contributed by atoms with E-state index >= 15 is 0 Å². The summed E-state index contributed by atoms with van der Waals surface area (Å²) in [6, 6.07) is 8.04. The second-order valence-electron chi connectivity index (χ2n) is 4.38. The van der Waals surface area contributed by atoms with Crippen molar-refractivity contribution in [2.24, 2.45) is 0 Å². The zero-order valence-electron chi connectivity index (χ0n) is 10.6. The molecule has 0 saturated carbocycles. The topological polar surface area (TPSA) is 24.9 Å². The Kier molecular flexibility index (Phi) is 4.71. The van der Waals surface area contributed by atoms with Crippen LogP contribution in [0.4, 0.5) is 5.69 Å². The number of pyridine rings is 1. The number of benzene rings is 1. The van der Waals surface area contributed by atoms with Crippen molar-refractivity contribution in [1.29, 1.82) is 0 Å². The summed E-state index contributed by atoms with van der Waals surface area (Å²) in [5.74, 6) is 0. The van der Waals surface area contributed by atoms with Gasteiger partial charge < -0.3 is 5.32 Å². The molecule has 0 unspecified atom stereocenters. The maximum atomic E-state index is 6.10. The van der Waals surface area contributed by atoms with E-state index in [9.17, 15) is 0 Å². The monoisotopic (exact) mass is 358 g/mol. The minimum atomic E-state index is 0.397. The number of nitrogens with zero attached hydrogens (tertiary/aromatic N) is 1. The van der Waals surface area contributed by atoms with E-state index in [2.05, 4.69) is 51.4 Å². The van der Waals surface area contributed by atoms with Gasteiger partial charge in [-0.3, -0.25) is 0 Å². The average Bonchev–Trinajstić information content (AvgIpc) is 2.30. The van der Waals surface area contributed by atoms with Crippen molar-refractivity contribution < 1.29 is 0 Å². The quantitative estimate of drug-likeness (QED) is 0.744. The Morgan fingerprint density at radius 2 is 1.95 bits per heavy atom. The van der Waals surface area contributed by atoms with Crippen LogP contribution in [0.1, 0.15) is 16.7 Å². The number of anilines is 1. The molecule has 0 aliphatic heterocycles. The molecule has 1 heterocycles. The van der Waals surface area contributed by atoms with Crippen molar-refractivity contribution in [3.63, 3.8) is 0 Å². The molecule has 2 nitrogen and oxygen atoms in total. The van der Waals surface area contributed by atoms with Gasteiger partial charge in [0.15, 0.2) is 5.15 Å². The lowest BCUT2D eigenvalue weighted by atomic mass is 10.1. The van der Waals surface area contributed by atoms with Crippen LogP contribution < -0.4 is 5.32 Å². The number of hydrogen-bond acceptors (Lipinski definition) is 2. The highest BCUT2D eigenvalue weighted by atomic mass is 79.9. The van der Waals surface area contributed by atoms with Crippen molar-refractivity contribution in [2.75, 3.05) is 5.32 Å². The Bertz CT molecular complexity index is 591. The van der Waals surface area contributed by atoms with Crippen LogP contribution in [0.3, 0.4) is 0 Å². The molecule has 5 heteroatoms. The van der Waals surface area contributed by atoms with Gasteiger partial charge in [0.1, 0.15) is 5.15 Å². The number of hydrogen-bond donors (Lipinski definition) is 1. The molecule has 0 spiro atoms. The summed E-state index contributed by atoms with van der Waals surface area (Å²) in [4.78, 5) is 4.04. The molecule has 100 valence electrons. The highest BCUT2D eigenvalue weighted by Crippen LogP contribution is 2.28. The fourth-order valence-electron chi connectivity index (χ4n) is 1.79. The van der Waals surface area contributed by atoms with E-state index in [1.165, 1.54) is 5.56 Å². The zero-order valence-corrected chi connectivity index (χ0v) is 13.7. The van der Waals surface area contributed by atoms with E-state index in [4.69, 9.17) is 23.2 Å². The summed E-state index contributed by atoms with van der Waals surface area (Å²) >= 11 is 15.5. The van der Waals surface area contributed by atoms with E-state index in [1.807, 2.05) is 6.92 Å². The number of aromatic nitrogens is 1. The van der Waals surface area contributed by atoms with Crippen molar-refractivity contribution in [3.05, 3.63) is 55.7 Å². The molecule has 0 bridgehead atoms. The van der Waals surface area contributed by atoms with Crippen LogP contribution in [0, 0.1) is 13.8 Å². The summed E-state index contributed by atoms with van der Waals surface area (Å²) in [5, 5.41) is 4.11. The van der Waals surface area contributed by atoms with Crippen LogP contribution in [0.15, 0.2) is 28.7 Å². The number of halogens is 3. The van der Waals surface area contributed by atoms with E-state index in [-0.39, 0.29) is 0 Å². The van der Waals surface area contributed by atoms with Gasteiger partial charge in [-0.05, 0) is 42.7 Å². The third kappa shape index (κ3) is 3.62. The summed E-state index contributed by atoms with van der Waals surface area (Å²) in [6.45, 7) is 4.68.